The molecule has 1 N–H and O–H groups in total. The van der Waals surface area contributed by atoms with Gasteiger partial charge in [-0.3, -0.25) is 9.59 Å². The number of hydrogen-bond donors (Lipinski definition) is 1. The number of nitrogens with zero attached hydrogens (tertiary/aromatic N) is 1. The lowest BCUT2D eigenvalue weighted by molar-refractivity contribution is -0.122. The molecular weight excluding hydrogens is 363 g/mol. The molecule has 1 atom stereocenters. The van der Waals surface area contributed by atoms with Gasteiger partial charge in [-0.25, -0.2) is 4.39 Å². The Hall–Kier alpha value is -2.80. The van der Waals surface area contributed by atoms with E-state index in [2.05, 4.69) is 5.32 Å². The molecule has 0 saturated carbocycles. The quantitative estimate of drug-likeness (QED) is 0.893. The van der Waals surface area contributed by atoms with Crippen LogP contribution in [0.25, 0.3) is 0 Å². The number of hydrogen-bond acceptors (Lipinski definition) is 4. The van der Waals surface area contributed by atoms with E-state index in [9.17, 15) is 14.0 Å². The summed E-state index contributed by atoms with van der Waals surface area (Å²) in [4.78, 5) is 26.3. The SMILES string of the molecule is O=C(Nc1ccc(Cl)cc1F)C1CC(=O)N(c2ccc3c(c2)OCO3)C1. The third-order valence-corrected chi connectivity index (χ3v) is 4.59. The number of halogens is 2. The van der Waals surface area contributed by atoms with Crippen molar-refractivity contribution in [1.29, 1.82) is 0 Å². The third kappa shape index (κ3) is 3.06. The fourth-order valence-electron chi connectivity index (χ4n) is 3.01. The van der Waals surface area contributed by atoms with Crippen LogP contribution in [0.5, 0.6) is 11.5 Å². The second-order valence-corrected chi connectivity index (χ2v) is 6.49. The van der Waals surface area contributed by atoms with E-state index < -0.39 is 17.6 Å². The lowest BCUT2D eigenvalue weighted by Gasteiger charge is -2.17. The van der Waals surface area contributed by atoms with Crippen LogP contribution in [0, 0.1) is 11.7 Å². The van der Waals surface area contributed by atoms with Gasteiger partial charge in [0, 0.05) is 29.7 Å². The molecule has 0 bridgehead atoms. The Morgan fingerprint density at radius 2 is 2.00 bits per heavy atom. The van der Waals surface area contributed by atoms with Crippen LogP contribution in [0.1, 0.15) is 6.42 Å². The molecule has 0 spiro atoms. The van der Waals surface area contributed by atoms with E-state index in [0.717, 1.165) is 6.07 Å². The molecular formula is C18H14ClFN2O4. The Labute approximate surface area is 153 Å². The molecule has 6 nitrogen and oxygen atoms in total. The predicted molar refractivity (Wildman–Crippen MR) is 93.1 cm³/mol. The Balaban J connectivity index is 1.48. The van der Waals surface area contributed by atoms with Crippen LogP contribution in [0.15, 0.2) is 36.4 Å². The summed E-state index contributed by atoms with van der Waals surface area (Å²) in [5, 5.41) is 2.76. The van der Waals surface area contributed by atoms with Gasteiger partial charge in [0.25, 0.3) is 0 Å². The summed E-state index contributed by atoms with van der Waals surface area (Å²) in [6, 6.07) is 9.17. The van der Waals surface area contributed by atoms with Gasteiger partial charge in [0.1, 0.15) is 5.82 Å². The molecule has 2 aliphatic rings. The van der Waals surface area contributed by atoms with Crippen molar-refractivity contribution in [1.82, 2.24) is 0 Å². The second kappa shape index (κ2) is 6.49. The molecule has 0 aromatic heterocycles. The number of carbonyl (C=O) groups is 2. The standard InChI is InChI=1S/C18H14ClFN2O4/c19-11-1-3-14(13(20)6-11)21-18(24)10-5-17(23)22(8-10)12-2-4-15-16(7-12)26-9-25-15/h1-4,6-7,10H,5,8-9H2,(H,21,24). The van der Waals surface area contributed by atoms with Crippen molar-refractivity contribution in [3.05, 3.63) is 47.2 Å². The molecule has 1 saturated heterocycles. The minimum absolute atomic E-state index is 0.0355. The number of carbonyl (C=O) groups excluding carboxylic acids is 2. The summed E-state index contributed by atoms with van der Waals surface area (Å²) in [5.74, 6) is -0.617. The maximum Gasteiger partial charge on any atom is 0.231 e. The van der Waals surface area contributed by atoms with Crippen molar-refractivity contribution in [2.75, 3.05) is 23.6 Å². The van der Waals surface area contributed by atoms with Crippen LogP contribution in [0.4, 0.5) is 15.8 Å². The molecule has 8 heteroatoms. The molecule has 4 rings (SSSR count). The normalized spacial score (nSPS) is 18.3. The van der Waals surface area contributed by atoms with Gasteiger partial charge < -0.3 is 19.7 Å². The predicted octanol–water partition coefficient (Wildman–Crippen LogP) is 3.20. The van der Waals surface area contributed by atoms with Crippen LogP contribution < -0.4 is 19.7 Å². The molecule has 2 aliphatic heterocycles. The molecule has 2 heterocycles. The van der Waals surface area contributed by atoms with E-state index in [1.165, 1.54) is 17.0 Å². The van der Waals surface area contributed by atoms with E-state index in [0.29, 0.717) is 17.2 Å². The zero-order valence-electron chi connectivity index (χ0n) is 13.5. The first-order chi connectivity index (χ1) is 12.5. The van der Waals surface area contributed by atoms with Gasteiger partial charge in [-0.05, 0) is 30.3 Å². The van der Waals surface area contributed by atoms with Gasteiger partial charge in [0.2, 0.25) is 18.6 Å². The van der Waals surface area contributed by atoms with E-state index in [-0.39, 0.29) is 36.4 Å². The fraction of sp³-hybridized carbons (Fsp3) is 0.222. The van der Waals surface area contributed by atoms with E-state index in [1.807, 2.05) is 0 Å². The summed E-state index contributed by atoms with van der Waals surface area (Å²) in [5.41, 5.74) is 0.667. The van der Waals surface area contributed by atoms with Crippen molar-refractivity contribution in [3.63, 3.8) is 0 Å². The van der Waals surface area contributed by atoms with Crippen LogP contribution in [0.3, 0.4) is 0 Å². The van der Waals surface area contributed by atoms with Crippen LogP contribution >= 0.6 is 11.6 Å². The first-order valence-electron chi connectivity index (χ1n) is 7.97. The van der Waals surface area contributed by atoms with Crippen molar-refractivity contribution >= 4 is 34.8 Å². The molecule has 134 valence electrons. The summed E-state index contributed by atoms with van der Waals surface area (Å²) in [7, 11) is 0. The Morgan fingerprint density at radius 3 is 2.81 bits per heavy atom. The fourth-order valence-corrected chi connectivity index (χ4v) is 3.17. The molecule has 2 aromatic carbocycles. The smallest absolute Gasteiger partial charge is 0.231 e. The Kier molecular flexibility index (Phi) is 4.16. The summed E-state index contributed by atoms with van der Waals surface area (Å²) in [6.45, 7) is 0.351. The van der Waals surface area contributed by atoms with Crippen LogP contribution in [0.2, 0.25) is 5.02 Å². The maximum absolute atomic E-state index is 13.8. The average Bonchev–Trinajstić information content (AvgIpc) is 3.23. The molecule has 1 fully saturated rings. The number of nitrogens with one attached hydrogen (secondary N) is 1. The number of ether oxygens (including phenoxy) is 2. The van der Waals surface area contributed by atoms with Gasteiger partial charge in [-0.1, -0.05) is 11.6 Å². The molecule has 2 aromatic rings. The first kappa shape index (κ1) is 16.7. The summed E-state index contributed by atoms with van der Waals surface area (Å²) >= 11 is 5.70. The van der Waals surface area contributed by atoms with Crippen molar-refractivity contribution < 1.29 is 23.5 Å². The number of amides is 2. The average molecular weight is 377 g/mol. The van der Waals surface area contributed by atoms with Crippen molar-refractivity contribution in [3.8, 4) is 11.5 Å². The topological polar surface area (TPSA) is 67.9 Å². The Morgan fingerprint density at radius 1 is 1.19 bits per heavy atom. The first-order valence-corrected chi connectivity index (χ1v) is 8.35. The second-order valence-electron chi connectivity index (χ2n) is 6.06. The molecule has 0 radical (unpaired) electrons. The van der Waals surface area contributed by atoms with Gasteiger partial charge >= 0.3 is 0 Å². The highest BCUT2D eigenvalue weighted by Crippen LogP contribution is 2.37. The molecule has 0 aliphatic carbocycles. The van der Waals surface area contributed by atoms with Crippen molar-refractivity contribution in [2.45, 2.75) is 6.42 Å². The third-order valence-electron chi connectivity index (χ3n) is 4.35. The van der Waals surface area contributed by atoms with Gasteiger partial charge in [0.05, 0.1) is 11.6 Å². The number of fused-ring (bicyclic) bond motifs is 1. The molecule has 26 heavy (non-hydrogen) atoms. The lowest BCUT2D eigenvalue weighted by Crippen LogP contribution is -2.28. The number of rotatable bonds is 3. The molecule has 2 amide bonds. The van der Waals surface area contributed by atoms with Gasteiger partial charge in [-0.2, -0.15) is 0 Å². The summed E-state index contributed by atoms with van der Waals surface area (Å²) in [6.07, 6.45) is 0.0511. The number of anilines is 2. The van der Waals surface area contributed by atoms with Crippen LogP contribution in [-0.2, 0) is 9.59 Å². The van der Waals surface area contributed by atoms with Crippen molar-refractivity contribution in [2.24, 2.45) is 5.92 Å². The lowest BCUT2D eigenvalue weighted by atomic mass is 10.1. The minimum Gasteiger partial charge on any atom is -0.454 e. The zero-order chi connectivity index (χ0) is 18.3. The zero-order valence-corrected chi connectivity index (χ0v) is 14.3. The highest BCUT2D eigenvalue weighted by molar-refractivity contribution is 6.30. The molecule has 1 unspecified atom stereocenters. The largest absolute Gasteiger partial charge is 0.454 e. The van der Waals surface area contributed by atoms with Crippen LogP contribution in [-0.4, -0.2) is 25.2 Å². The van der Waals surface area contributed by atoms with E-state index in [4.69, 9.17) is 21.1 Å². The number of benzene rings is 2. The van der Waals surface area contributed by atoms with E-state index in [1.54, 1.807) is 18.2 Å². The van der Waals surface area contributed by atoms with E-state index >= 15 is 0 Å². The highest BCUT2D eigenvalue weighted by Gasteiger charge is 2.36. The van der Waals surface area contributed by atoms with Gasteiger partial charge in [0.15, 0.2) is 11.5 Å². The van der Waals surface area contributed by atoms with Gasteiger partial charge in [-0.15, -0.1) is 0 Å². The highest BCUT2D eigenvalue weighted by atomic mass is 35.5. The monoisotopic (exact) mass is 376 g/mol. The minimum atomic E-state index is -0.622. The summed E-state index contributed by atoms with van der Waals surface area (Å²) < 4.78 is 24.4. The Bertz CT molecular complexity index is 905. The maximum atomic E-state index is 13.8.